The molecule has 0 bridgehead atoms. The van der Waals surface area contributed by atoms with Gasteiger partial charge in [0.2, 0.25) is 0 Å². The number of aryl methyl sites for hydroxylation is 3. The Balaban J connectivity index is 0.000000153. The zero-order valence-corrected chi connectivity index (χ0v) is 17.3. The van der Waals surface area contributed by atoms with Crippen LogP contribution in [0.25, 0.3) is 11.3 Å². The summed E-state index contributed by atoms with van der Waals surface area (Å²) in [5.74, 6) is 0.127. The number of aromatic nitrogens is 5. The van der Waals surface area contributed by atoms with Crippen molar-refractivity contribution in [2.24, 2.45) is 0 Å². The van der Waals surface area contributed by atoms with Gasteiger partial charge in [-0.15, -0.1) is 13.2 Å². The number of fused-ring (bicyclic) bond motifs is 1. The van der Waals surface area contributed by atoms with Crippen LogP contribution in [0.5, 0.6) is 0 Å². The summed E-state index contributed by atoms with van der Waals surface area (Å²) in [6, 6.07) is 6.53. The number of halogens is 3. The summed E-state index contributed by atoms with van der Waals surface area (Å²) in [6.07, 6.45) is 3.02. The average Bonchev–Trinajstić information content (AvgIpc) is 3.16. The maximum absolute atomic E-state index is 12.1. The van der Waals surface area contributed by atoms with Crippen molar-refractivity contribution in [1.29, 1.82) is 0 Å². The van der Waals surface area contributed by atoms with Crippen molar-refractivity contribution in [2.75, 3.05) is 7.05 Å². The average molecular weight is 432 g/mol. The number of carbonyl (C=O) groups excluding carboxylic acids is 1. The van der Waals surface area contributed by atoms with Gasteiger partial charge in [-0.2, -0.15) is 14.9 Å². The van der Waals surface area contributed by atoms with Crippen LogP contribution in [0.4, 0.5) is 13.2 Å². The van der Waals surface area contributed by atoms with Gasteiger partial charge in [-0.05, 0) is 50.8 Å². The van der Waals surface area contributed by atoms with Gasteiger partial charge in [0.1, 0.15) is 0 Å². The Morgan fingerprint density at radius 2 is 2.00 bits per heavy atom. The van der Waals surface area contributed by atoms with Crippen molar-refractivity contribution in [3.63, 3.8) is 0 Å². The van der Waals surface area contributed by atoms with E-state index in [2.05, 4.69) is 43.4 Å². The largest absolute Gasteiger partial charge is 0.504 e. The second-order valence-electron chi connectivity index (χ2n) is 7.71. The molecule has 0 atom stereocenters. The normalized spacial score (nSPS) is 15.3. The van der Waals surface area contributed by atoms with Crippen LogP contribution < -0.4 is 5.32 Å². The lowest BCUT2D eigenvalue weighted by Gasteiger charge is -2.03. The Hall–Kier alpha value is -3.17. The first-order valence-corrected chi connectivity index (χ1v) is 10.1. The monoisotopic (exact) mass is 432 g/mol. The zero-order chi connectivity index (χ0) is 22.2. The van der Waals surface area contributed by atoms with Gasteiger partial charge in [-0.3, -0.25) is 14.5 Å². The summed E-state index contributed by atoms with van der Waals surface area (Å²) in [6.45, 7) is 2.42. The zero-order valence-electron chi connectivity index (χ0n) is 17.3. The minimum Gasteiger partial charge on any atom is -0.355 e. The van der Waals surface area contributed by atoms with E-state index in [9.17, 15) is 18.0 Å². The first-order valence-electron chi connectivity index (χ1n) is 10.1. The lowest BCUT2D eigenvalue weighted by Crippen LogP contribution is -2.19. The van der Waals surface area contributed by atoms with Crippen LogP contribution in [-0.2, 0) is 19.3 Å². The molecule has 10 heteroatoms. The maximum atomic E-state index is 12.1. The van der Waals surface area contributed by atoms with Gasteiger partial charge in [0.05, 0.1) is 17.0 Å². The van der Waals surface area contributed by atoms with Crippen LogP contribution >= 0.6 is 0 Å². The van der Waals surface area contributed by atoms with Gasteiger partial charge < -0.3 is 5.32 Å². The molecule has 164 valence electrons. The smallest absolute Gasteiger partial charge is 0.355 e. The number of amides is 1. The molecule has 31 heavy (non-hydrogen) atoms. The third-order valence-corrected chi connectivity index (χ3v) is 5.37. The second-order valence-corrected chi connectivity index (χ2v) is 7.71. The Morgan fingerprint density at radius 1 is 1.23 bits per heavy atom. The highest BCUT2D eigenvalue weighted by molar-refractivity contribution is 5.94. The second kappa shape index (κ2) is 8.16. The van der Waals surface area contributed by atoms with E-state index >= 15 is 0 Å². The molecule has 1 amide bonds. The van der Waals surface area contributed by atoms with E-state index in [0.717, 1.165) is 12.2 Å². The van der Waals surface area contributed by atoms with Crippen molar-refractivity contribution in [1.82, 2.24) is 29.9 Å². The first-order chi connectivity index (χ1) is 14.8. The van der Waals surface area contributed by atoms with E-state index in [1.807, 2.05) is 6.20 Å². The minimum atomic E-state index is -4.59. The van der Waals surface area contributed by atoms with Gasteiger partial charge in [0.15, 0.2) is 0 Å². The molecule has 3 aromatic heterocycles. The molecule has 3 aromatic rings. The molecule has 7 nitrogen and oxygen atoms in total. The van der Waals surface area contributed by atoms with Crippen molar-refractivity contribution in [2.45, 2.75) is 51.4 Å². The van der Waals surface area contributed by atoms with E-state index in [1.165, 1.54) is 56.6 Å². The molecule has 5 rings (SSSR count). The summed E-state index contributed by atoms with van der Waals surface area (Å²) in [5, 5.41) is 10.1. The number of nitrogens with one attached hydrogen (secondary N) is 1. The fourth-order valence-electron chi connectivity index (χ4n) is 3.56. The molecule has 2 aliphatic rings. The van der Waals surface area contributed by atoms with E-state index in [4.69, 9.17) is 0 Å². The highest BCUT2D eigenvalue weighted by Crippen LogP contribution is 2.39. The fraction of sp³-hybridized carbons (Fsp3) is 0.429. The summed E-state index contributed by atoms with van der Waals surface area (Å²) in [5.41, 5.74) is 4.93. The van der Waals surface area contributed by atoms with Gasteiger partial charge in [0.25, 0.3) is 5.91 Å². The first kappa shape index (κ1) is 21.1. The molecule has 1 saturated carbocycles. The number of alkyl halides is 3. The third-order valence-electron chi connectivity index (χ3n) is 5.37. The molecular formula is C21H23F3N6O. The molecule has 4 heterocycles. The van der Waals surface area contributed by atoms with E-state index < -0.39 is 12.2 Å². The van der Waals surface area contributed by atoms with E-state index in [1.54, 1.807) is 0 Å². The third kappa shape index (κ3) is 4.62. The van der Waals surface area contributed by atoms with E-state index in [-0.39, 0.29) is 15.9 Å². The van der Waals surface area contributed by atoms with Gasteiger partial charge in [-0.1, -0.05) is 0 Å². The molecule has 1 aliphatic carbocycles. The number of hydrogen-bond donors (Lipinski definition) is 1. The van der Waals surface area contributed by atoms with E-state index in [0.29, 0.717) is 12.1 Å². The topological polar surface area (TPSA) is 77.6 Å². The Labute approximate surface area is 177 Å². The lowest BCUT2D eigenvalue weighted by atomic mass is 10.1. The molecule has 1 fully saturated rings. The summed E-state index contributed by atoms with van der Waals surface area (Å²) >= 11 is 0. The summed E-state index contributed by atoms with van der Waals surface area (Å²) in [4.78, 5) is 15.5. The number of carbonyl (C=O) groups is 1. The van der Waals surface area contributed by atoms with Crippen LogP contribution in [0.1, 0.15) is 52.6 Å². The van der Waals surface area contributed by atoms with Gasteiger partial charge >= 0.3 is 6.30 Å². The summed E-state index contributed by atoms with van der Waals surface area (Å²) < 4.78 is 38.3. The standard InChI is InChI=1S/C14H15N3.C7H8F3N3O/c1-2-12-9-14(16-17(12)7-1)11-5-6-15-13(8-11)10-3-4-10;1-4-5(6(14)11-2)3-13(12-4)7(8,9)10/h5-6,8-10H,1-4,7H2;3H,1-2H3,(H,11,14). The van der Waals surface area contributed by atoms with Gasteiger partial charge in [0, 0.05) is 48.9 Å². The number of nitrogens with zero attached hydrogens (tertiary/aromatic N) is 5. The molecule has 0 aromatic carbocycles. The number of pyridine rings is 1. The van der Waals surface area contributed by atoms with Crippen molar-refractivity contribution in [3.05, 3.63) is 53.2 Å². The van der Waals surface area contributed by atoms with Crippen LogP contribution in [0.3, 0.4) is 0 Å². The molecule has 1 N–H and O–H groups in total. The Morgan fingerprint density at radius 3 is 2.61 bits per heavy atom. The fourth-order valence-corrected chi connectivity index (χ4v) is 3.56. The quantitative estimate of drug-likeness (QED) is 0.683. The Bertz CT molecular complexity index is 1080. The Kier molecular flexibility index (Phi) is 5.55. The molecule has 0 unspecified atom stereocenters. The number of rotatable bonds is 3. The lowest BCUT2D eigenvalue weighted by molar-refractivity contribution is -0.212. The molecule has 0 saturated heterocycles. The van der Waals surface area contributed by atoms with Crippen LogP contribution in [0.2, 0.25) is 0 Å². The number of hydrogen-bond acceptors (Lipinski definition) is 4. The predicted molar refractivity (Wildman–Crippen MR) is 107 cm³/mol. The van der Waals surface area contributed by atoms with Gasteiger partial charge in [-0.25, -0.2) is 0 Å². The van der Waals surface area contributed by atoms with Crippen molar-refractivity contribution < 1.29 is 18.0 Å². The SMILES string of the molecule is CNC(=O)c1cn(C(F)(F)F)nc1C.c1cc(-c2cc3n(n2)CCC3)cc(C2CC2)n1. The maximum Gasteiger partial charge on any atom is 0.504 e. The van der Waals surface area contributed by atoms with Crippen LogP contribution in [0, 0.1) is 6.92 Å². The predicted octanol–water partition coefficient (Wildman–Crippen LogP) is 3.80. The molecule has 0 spiro atoms. The molecule has 0 radical (unpaired) electrons. The minimum absolute atomic E-state index is 0.0432. The highest BCUT2D eigenvalue weighted by Gasteiger charge is 2.33. The van der Waals surface area contributed by atoms with Crippen molar-refractivity contribution >= 4 is 5.91 Å². The summed E-state index contributed by atoms with van der Waals surface area (Å²) in [7, 11) is 1.34. The highest BCUT2D eigenvalue weighted by atomic mass is 19.4. The molecular weight excluding hydrogens is 409 g/mol. The van der Waals surface area contributed by atoms with Crippen LogP contribution in [-0.4, -0.2) is 37.5 Å². The molecule has 1 aliphatic heterocycles. The van der Waals surface area contributed by atoms with Crippen molar-refractivity contribution in [3.8, 4) is 11.3 Å². The van der Waals surface area contributed by atoms with Crippen LogP contribution in [0.15, 0.2) is 30.6 Å².